The molecule has 0 amide bonds. The van der Waals surface area contributed by atoms with Gasteiger partial charge >= 0.3 is 0 Å². The van der Waals surface area contributed by atoms with E-state index in [1.165, 1.54) is 0 Å². The van der Waals surface area contributed by atoms with Gasteiger partial charge in [0.2, 0.25) is 5.90 Å². The van der Waals surface area contributed by atoms with Crippen molar-refractivity contribution in [1.82, 2.24) is 0 Å². The van der Waals surface area contributed by atoms with Crippen molar-refractivity contribution in [3.8, 4) is 0 Å². The van der Waals surface area contributed by atoms with Crippen LogP contribution in [0.3, 0.4) is 0 Å². The van der Waals surface area contributed by atoms with Crippen molar-refractivity contribution < 1.29 is 9.84 Å². The summed E-state index contributed by atoms with van der Waals surface area (Å²) < 4.78 is 5.46. The molecule has 1 N–H and O–H groups in total. The maximum atomic E-state index is 9.56. The van der Waals surface area contributed by atoms with Gasteiger partial charge in [0, 0.05) is 5.57 Å². The molecule has 1 unspecified atom stereocenters. The Morgan fingerprint density at radius 3 is 2.86 bits per heavy atom. The monoisotopic (exact) mass is 193 g/mol. The van der Waals surface area contributed by atoms with Gasteiger partial charge in [-0.25, -0.2) is 4.99 Å². The highest BCUT2D eigenvalue weighted by Crippen LogP contribution is 2.21. The Labute approximate surface area is 83.8 Å². The summed E-state index contributed by atoms with van der Waals surface area (Å²) >= 11 is 0. The quantitative estimate of drug-likeness (QED) is 0.718. The molecule has 1 aliphatic heterocycles. The zero-order valence-electron chi connectivity index (χ0n) is 8.47. The van der Waals surface area contributed by atoms with E-state index in [2.05, 4.69) is 18.8 Å². The molecule has 76 valence electrons. The van der Waals surface area contributed by atoms with E-state index in [1.54, 1.807) is 6.08 Å². The lowest BCUT2D eigenvalue weighted by Gasteiger charge is -2.06. The molecular formula is C11H15NO2. The average molecular weight is 193 g/mol. The van der Waals surface area contributed by atoms with E-state index >= 15 is 0 Å². The maximum absolute atomic E-state index is 9.56. The fraction of sp³-hybridized carbons (Fsp3) is 0.545. The van der Waals surface area contributed by atoms with Crippen LogP contribution in [0.15, 0.2) is 28.8 Å². The molecule has 0 spiro atoms. The third-order valence-corrected chi connectivity index (χ3v) is 2.58. The molecule has 0 saturated carbocycles. The summed E-state index contributed by atoms with van der Waals surface area (Å²) in [5, 5.41) is 9.56. The minimum absolute atomic E-state index is 0.235. The fourth-order valence-corrected chi connectivity index (χ4v) is 1.55. The van der Waals surface area contributed by atoms with E-state index < -0.39 is 6.10 Å². The Morgan fingerprint density at radius 1 is 1.57 bits per heavy atom. The molecular weight excluding hydrogens is 178 g/mol. The van der Waals surface area contributed by atoms with Crippen molar-refractivity contribution >= 4 is 5.90 Å². The maximum Gasteiger partial charge on any atom is 0.215 e. The van der Waals surface area contributed by atoms with Gasteiger partial charge in [-0.2, -0.15) is 0 Å². The molecule has 0 fully saturated rings. The lowest BCUT2D eigenvalue weighted by Crippen LogP contribution is -2.14. The van der Waals surface area contributed by atoms with Crippen molar-refractivity contribution in [3.05, 3.63) is 23.8 Å². The van der Waals surface area contributed by atoms with Crippen molar-refractivity contribution in [3.63, 3.8) is 0 Å². The summed E-state index contributed by atoms with van der Waals surface area (Å²) in [4.78, 5) is 4.45. The van der Waals surface area contributed by atoms with E-state index in [1.807, 2.05) is 12.2 Å². The lowest BCUT2D eigenvalue weighted by molar-refractivity contribution is 0.254. The summed E-state index contributed by atoms with van der Waals surface area (Å²) in [6.07, 6.45) is 4.87. The highest BCUT2D eigenvalue weighted by atomic mass is 16.5. The molecule has 2 aliphatic rings. The van der Waals surface area contributed by atoms with Gasteiger partial charge in [0.1, 0.15) is 12.7 Å². The number of aliphatic hydroxyl groups is 1. The smallest absolute Gasteiger partial charge is 0.215 e. The van der Waals surface area contributed by atoms with Crippen LogP contribution in [-0.2, 0) is 4.74 Å². The Hall–Kier alpha value is -1.09. The normalized spacial score (nSPS) is 30.6. The van der Waals surface area contributed by atoms with Crippen LogP contribution in [0.5, 0.6) is 0 Å². The second kappa shape index (κ2) is 3.58. The highest BCUT2D eigenvalue weighted by molar-refractivity contribution is 5.97. The molecule has 0 radical (unpaired) electrons. The van der Waals surface area contributed by atoms with E-state index in [0.29, 0.717) is 18.4 Å². The second-order valence-electron chi connectivity index (χ2n) is 4.01. The molecule has 3 nitrogen and oxygen atoms in total. The molecule has 3 heteroatoms. The molecule has 1 heterocycles. The van der Waals surface area contributed by atoms with Gasteiger partial charge in [0.15, 0.2) is 0 Å². The van der Waals surface area contributed by atoms with Crippen LogP contribution < -0.4 is 0 Å². The molecule has 14 heavy (non-hydrogen) atoms. The van der Waals surface area contributed by atoms with Gasteiger partial charge in [-0.3, -0.25) is 0 Å². The van der Waals surface area contributed by atoms with Gasteiger partial charge in [-0.1, -0.05) is 32.1 Å². The third-order valence-electron chi connectivity index (χ3n) is 2.58. The zero-order chi connectivity index (χ0) is 10.1. The summed E-state index contributed by atoms with van der Waals surface area (Å²) in [5.41, 5.74) is 0.785. The predicted molar refractivity (Wildman–Crippen MR) is 55.2 cm³/mol. The summed E-state index contributed by atoms with van der Waals surface area (Å²) in [6.45, 7) is 4.88. The van der Waals surface area contributed by atoms with Crippen LogP contribution in [0, 0.1) is 5.92 Å². The van der Waals surface area contributed by atoms with Gasteiger partial charge in [-0.05, 0) is 5.92 Å². The molecule has 2 rings (SSSR count). The van der Waals surface area contributed by atoms with Gasteiger partial charge < -0.3 is 9.84 Å². The van der Waals surface area contributed by atoms with Crippen LogP contribution >= 0.6 is 0 Å². The third kappa shape index (κ3) is 1.60. The number of nitrogens with zero attached hydrogens (tertiary/aromatic N) is 1. The van der Waals surface area contributed by atoms with E-state index in [-0.39, 0.29) is 6.04 Å². The first-order chi connectivity index (χ1) is 6.68. The SMILES string of the molecule is CC(C)[C@H]1COC(C2=CC=CC2O)=N1. The Kier molecular flexibility index (Phi) is 2.42. The molecule has 0 aromatic rings. The van der Waals surface area contributed by atoms with E-state index in [4.69, 9.17) is 4.74 Å². The van der Waals surface area contributed by atoms with Crippen molar-refractivity contribution in [2.75, 3.05) is 6.61 Å². The largest absolute Gasteiger partial charge is 0.475 e. The first kappa shape index (κ1) is 9.46. The molecule has 2 atom stereocenters. The number of aliphatic hydroxyl groups excluding tert-OH is 1. The van der Waals surface area contributed by atoms with Crippen LogP contribution in [0.25, 0.3) is 0 Å². The van der Waals surface area contributed by atoms with Crippen molar-refractivity contribution in [1.29, 1.82) is 0 Å². The Bertz CT molecular complexity index is 315. The average Bonchev–Trinajstić information content (AvgIpc) is 2.71. The number of allylic oxidation sites excluding steroid dienone is 2. The van der Waals surface area contributed by atoms with Crippen molar-refractivity contribution in [2.24, 2.45) is 10.9 Å². The number of ether oxygens (including phenoxy) is 1. The number of rotatable bonds is 2. The molecule has 0 bridgehead atoms. The topological polar surface area (TPSA) is 41.8 Å². The van der Waals surface area contributed by atoms with Gasteiger partial charge in [-0.15, -0.1) is 0 Å². The predicted octanol–water partition coefficient (Wildman–Crippen LogP) is 1.30. The second-order valence-corrected chi connectivity index (χ2v) is 4.01. The van der Waals surface area contributed by atoms with Crippen LogP contribution in [0.4, 0.5) is 0 Å². The molecule has 0 aromatic heterocycles. The van der Waals surface area contributed by atoms with E-state index in [0.717, 1.165) is 5.57 Å². The van der Waals surface area contributed by atoms with Gasteiger partial charge in [0.25, 0.3) is 0 Å². The Balaban J connectivity index is 2.11. The number of hydrogen-bond donors (Lipinski definition) is 1. The van der Waals surface area contributed by atoms with Crippen LogP contribution in [0.2, 0.25) is 0 Å². The summed E-state index contributed by atoms with van der Waals surface area (Å²) in [6, 6.07) is 0.235. The standard InChI is InChI=1S/C11H15NO2/c1-7(2)9-6-14-11(12-9)8-4-3-5-10(8)13/h3-5,7,9-10,13H,6H2,1-2H3/t9-,10?/m1/s1. The van der Waals surface area contributed by atoms with Crippen LogP contribution in [0.1, 0.15) is 13.8 Å². The number of hydrogen-bond acceptors (Lipinski definition) is 3. The van der Waals surface area contributed by atoms with Gasteiger partial charge in [0.05, 0.1) is 6.04 Å². The highest BCUT2D eigenvalue weighted by Gasteiger charge is 2.27. The summed E-state index contributed by atoms with van der Waals surface area (Å²) in [7, 11) is 0. The first-order valence-corrected chi connectivity index (χ1v) is 4.96. The zero-order valence-corrected chi connectivity index (χ0v) is 8.47. The lowest BCUT2D eigenvalue weighted by atomic mass is 10.1. The van der Waals surface area contributed by atoms with Crippen LogP contribution in [-0.4, -0.2) is 29.8 Å². The minimum Gasteiger partial charge on any atom is -0.475 e. The number of aliphatic imine (C=N–C) groups is 1. The molecule has 0 aromatic carbocycles. The Morgan fingerprint density at radius 2 is 2.36 bits per heavy atom. The fourth-order valence-electron chi connectivity index (χ4n) is 1.55. The van der Waals surface area contributed by atoms with E-state index in [9.17, 15) is 5.11 Å². The molecule has 1 aliphatic carbocycles. The minimum atomic E-state index is -0.542. The molecule has 0 saturated heterocycles. The first-order valence-electron chi connectivity index (χ1n) is 4.96. The van der Waals surface area contributed by atoms with Crippen molar-refractivity contribution in [2.45, 2.75) is 26.0 Å². The summed E-state index contributed by atoms with van der Waals surface area (Å²) in [5.74, 6) is 1.10.